The second-order valence-corrected chi connectivity index (χ2v) is 13.9. The molecule has 2 aromatic heterocycles. The molecule has 5 nitrogen and oxygen atoms in total. The summed E-state index contributed by atoms with van der Waals surface area (Å²) in [6.07, 6.45) is 4.05. The number of carbonyl (C=O) groups is 1. The maximum absolute atomic E-state index is 13.3. The molecule has 3 aliphatic rings. The van der Waals surface area contributed by atoms with Gasteiger partial charge in [-0.3, -0.25) is 4.79 Å². The zero-order valence-corrected chi connectivity index (χ0v) is 26.7. The number of hydrogen-bond donors (Lipinski definition) is 2. The first-order valence-electron chi connectivity index (χ1n) is 16.5. The molecule has 0 fully saturated rings. The predicted octanol–water partition coefficient (Wildman–Crippen LogP) is 5.52. The van der Waals surface area contributed by atoms with Crippen LogP contribution in [-0.2, 0) is 11.8 Å². The molecule has 1 spiro atoms. The summed E-state index contributed by atoms with van der Waals surface area (Å²) in [6.45, 7) is 6.86. The van der Waals surface area contributed by atoms with Crippen molar-refractivity contribution in [1.82, 2.24) is 0 Å². The molecule has 4 aromatic carbocycles. The van der Waals surface area contributed by atoms with Gasteiger partial charge >= 0.3 is 0 Å². The lowest BCUT2D eigenvalue weighted by Crippen LogP contribution is -2.57. The highest BCUT2D eigenvalue weighted by Gasteiger charge is 2.55. The van der Waals surface area contributed by atoms with E-state index in [4.69, 9.17) is 20.3 Å². The second-order valence-electron chi connectivity index (χ2n) is 13.9. The van der Waals surface area contributed by atoms with E-state index in [-0.39, 0.29) is 25.0 Å². The Morgan fingerprint density at radius 3 is 2.11 bits per heavy atom. The lowest BCUT2D eigenvalue weighted by molar-refractivity contribution is 0.101. The Kier molecular flexibility index (Phi) is 5.93. The van der Waals surface area contributed by atoms with Crippen LogP contribution in [-0.4, -0.2) is 19.2 Å². The minimum Gasteiger partial charge on any atom is -0.466 e. The van der Waals surface area contributed by atoms with Crippen molar-refractivity contribution in [2.24, 2.45) is 0 Å². The molecular formula is C40H34B2N2O3. The van der Waals surface area contributed by atoms with Gasteiger partial charge in [-0.05, 0) is 50.7 Å². The van der Waals surface area contributed by atoms with Crippen molar-refractivity contribution >= 4 is 52.4 Å². The molecule has 2 unspecified atom stereocenters. The molecule has 228 valence electrons. The Morgan fingerprint density at radius 1 is 0.681 bits per heavy atom. The third-order valence-electron chi connectivity index (χ3n) is 11.0. The van der Waals surface area contributed by atoms with E-state index in [1.54, 1.807) is 6.26 Å². The molecule has 0 amide bonds. The van der Waals surface area contributed by atoms with E-state index < -0.39 is 5.41 Å². The van der Waals surface area contributed by atoms with E-state index in [1.807, 2.05) is 18.2 Å². The topological polar surface area (TPSA) is 95.4 Å². The fourth-order valence-electron chi connectivity index (χ4n) is 9.28. The second kappa shape index (κ2) is 9.92. The Labute approximate surface area is 275 Å². The summed E-state index contributed by atoms with van der Waals surface area (Å²) in [5.74, 6) is 1.70. The molecule has 1 aliphatic carbocycles. The lowest BCUT2D eigenvalue weighted by Gasteiger charge is -2.40. The SMILES string of the molecule is CC(C)B1c2ccccc2C2(c3ccccc3-c3cc(CC(C)B4c5ccccc5C(=O)c5occ(N)c54)ccc32)c2occ(N)c21. The summed E-state index contributed by atoms with van der Waals surface area (Å²) in [4.78, 5) is 13.3. The van der Waals surface area contributed by atoms with Crippen molar-refractivity contribution in [2.45, 2.75) is 44.2 Å². The number of hydrogen-bond acceptors (Lipinski definition) is 5. The number of benzene rings is 4. The molecule has 9 rings (SSSR count). The molecule has 0 bridgehead atoms. The number of rotatable bonds is 4. The first-order valence-corrected chi connectivity index (χ1v) is 16.5. The highest BCUT2D eigenvalue weighted by atomic mass is 16.3. The van der Waals surface area contributed by atoms with E-state index in [9.17, 15) is 4.79 Å². The van der Waals surface area contributed by atoms with Crippen molar-refractivity contribution in [3.8, 4) is 11.1 Å². The summed E-state index contributed by atoms with van der Waals surface area (Å²) in [5.41, 5.74) is 26.1. The van der Waals surface area contributed by atoms with Crippen molar-refractivity contribution < 1.29 is 13.6 Å². The average molecular weight is 612 g/mol. The highest BCUT2D eigenvalue weighted by molar-refractivity contribution is 6.90. The van der Waals surface area contributed by atoms with Gasteiger partial charge in [0, 0.05) is 5.56 Å². The van der Waals surface area contributed by atoms with Crippen LogP contribution in [0.5, 0.6) is 0 Å². The molecule has 6 aromatic rings. The molecule has 47 heavy (non-hydrogen) atoms. The number of nitrogen functional groups attached to an aromatic ring is 2. The quantitative estimate of drug-likeness (QED) is 0.256. The van der Waals surface area contributed by atoms with Crippen molar-refractivity contribution in [2.75, 3.05) is 11.5 Å². The molecule has 0 saturated carbocycles. The molecule has 0 saturated heterocycles. The largest absolute Gasteiger partial charge is 0.466 e. The Bertz CT molecular complexity index is 2270. The van der Waals surface area contributed by atoms with Crippen molar-refractivity contribution in [3.63, 3.8) is 0 Å². The molecule has 0 radical (unpaired) electrons. The molecule has 2 atom stereocenters. The van der Waals surface area contributed by atoms with E-state index in [2.05, 4.69) is 93.6 Å². The molecule has 4 heterocycles. The normalized spacial score (nSPS) is 17.7. The first-order chi connectivity index (χ1) is 22.8. The van der Waals surface area contributed by atoms with Gasteiger partial charge in [0.05, 0.1) is 11.4 Å². The van der Waals surface area contributed by atoms with Crippen LogP contribution in [0, 0.1) is 0 Å². The predicted molar refractivity (Wildman–Crippen MR) is 192 cm³/mol. The Balaban J connectivity index is 1.21. The third-order valence-corrected chi connectivity index (χ3v) is 11.0. The number of ketones is 1. The van der Waals surface area contributed by atoms with E-state index in [0.29, 0.717) is 28.5 Å². The molecular weight excluding hydrogens is 578 g/mol. The zero-order valence-electron chi connectivity index (χ0n) is 26.7. The van der Waals surface area contributed by atoms with Gasteiger partial charge in [-0.1, -0.05) is 134 Å². The number of furan rings is 2. The van der Waals surface area contributed by atoms with Crippen molar-refractivity contribution in [1.29, 1.82) is 0 Å². The van der Waals surface area contributed by atoms with Crippen LogP contribution in [0.25, 0.3) is 11.1 Å². The number of nitrogens with two attached hydrogens (primary N) is 2. The van der Waals surface area contributed by atoms with Crippen LogP contribution in [0.15, 0.2) is 112 Å². The fraction of sp³-hybridized carbons (Fsp3) is 0.175. The van der Waals surface area contributed by atoms with Gasteiger partial charge in [-0.2, -0.15) is 0 Å². The zero-order chi connectivity index (χ0) is 32.2. The van der Waals surface area contributed by atoms with E-state index in [0.717, 1.165) is 28.6 Å². The maximum atomic E-state index is 13.3. The van der Waals surface area contributed by atoms with Crippen molar-refractivity contribution in [3.05, 3.63) is 143 Å². The van der Waals surface area contributed by atoms with Gasteiger partial charge < -0.3 is 20.3 Å². The monoisotopic (exact) mass is 612 g/mol. The summed E-state index contributed by atoms with van der Waals surface area (Å²) in [7, 11) is 0. The van der Waals surface area contributed by atoms with Gasteiger partial charge in [0.15, 0.2) is 5.76 Å². The van der Waals surface area contributed by atoms with Gasteiger partial charge in [0.2, 0.25) is 19.2 Å². The van der Waals surface area contributed by atoms with Crippen LogP contribution in [0.2, 0.25) is 11.6 Å². The molecule has 7 heteroatoms. The average Bonchev–Trinajstić information content (AvgIpc) is 3.74. The van der Waals surface area contributed by atoms with Gasteiger partial charge in [-0.25, -0.2) is 0 Å². The fourth-order valence-corrected chi connectivity index (χ4v) is 9.28. The van der Waals surface area contributed by atoms with Crippen LogP contribution in [0.4, 0.5) is 11.4 Å². The van der Waals surface area contributed by atoms with Gasteiger partial charge in [0.1, 0.15) is 23.7 Å². The first kappa shape index (κ1) is 28.1. The maximum Gasteiger partial charge on any atom is 0.227 e. The van der Waals surface area contributed by atoms with Crippen LogP contribution in [0.1, 0.15) is 64.9 Å². The van der Waals surface area contributed by atoms with Crippen LogP contribution < -0.4 is 33.3 Å². The minimum absolute atomic E-state index is 0.0589. The summed E-state index contributed by atoms with van der Waals surface area (Å²) < 4.78 is 12.3. The van der Waals surface area contributed by atoms with E-state index >= 15 is 0 Å². The Morgan fingerprint density at radius 2 is 1.32 bits per heavy atom. The minimum atomic E-state index is -0.603. The number of anilines is 2. The summed E-state index contributed by atoms with van der Waals surface area (Å²) in [5, 5.41) is 0. The number of carbonyl (C=O) groups excluding carboxylic acids is 1. The number of fused-ring (bicyclic) bond motifs is 11. The van der Waals surface area contributed by atoms with E-state index in [1.165, 1.54) is 45.1 Å². The van der Waals surface area contributed by atoms with Crippen LogP contribution in [0.3, 0.4) is 0 Å². The van der Waals surface area contributed by atoms with Crippen LogP contribution >= 0.6 is 0 Å². The lowest BCUT2D eigenvalue weighted by atomic mass is 9.29. The standard InChI is InChI=1S/C40H34B2N2O3/c1-22(2)41-32-15-9-7-13-30(32)40(39-36(41)34(44)21-47-39)28-12-6-4-10-25(28)27-19-24(16-17-29(27)40)18-23(3)42-31-14-8-5-11-26(31)37(45)38-35(42)33(43)20-46-38/h4-17,19-23H,18,43-44H2,1-3H3. The summed E-state index contributed by atoms with van der Waals surface area (Å²) >= 11 is 0. The van der Waals surface area contributed by atoms with Gasteiger partial charge in [0.25, 0.3) is 0 Å². The molecule has 4 N–H and O–H groups in total. The highest BCUT2D eigenvalue weighted by Crippen LogP contribution is 2.57. The summed E-state index contributed by atoms with van der Waals surface area (Å²) in [6, 6.07) is 32.4. The Hall–Kier alpha value is -5.16. The smallest absolute Gasteiger partial charge is 0.227 e. The van der Waals surface area contributed by atoms with Gasteiger partial charge in [-0.15, -0.1) is 0 Å². The molecule has 2 aliphatic heterocycles. The third kappa shape index (κ3) is 3.60.